The Labute approximate surface area is 93.2 Å². The lowest BCUT2D eigenvalue weighted by molar-refractivity contribution is -0.138. The van der Waals surface area contributed by atoms with Gasteiger partial charge in [0.25, 0.3) is 0 Å². The van der Waals surface area contributed by atoms with E-state index in [1.54, 1.807) is 19.9 Å². The van der Waals surface area contributed by atoms with Crippen LogP contribution in [0.2, 0.25) is 0 Å². The van der Waals surface area contributed by atoms with Crippen molar-refractivity contribution in [1.82, 2.24) is 0 Å². The van der Waals surface area contributed by atoms with E-state index in [1.165, 1.54) is 6.07 Å². The maximum absolute atomic E-state index is 12.7. The summed E-state index contributed by atoms with van der Waals surface area (Å²) in [5, 5.41) is 0. The molecule has 1 aromatic carbocycles. The van der Waals surface area contributed by atoms with Gasteiger partial charge in [0.15, 0.2) is 0 Å². The molecule has 1 nitrogen and oxygen atoms in total. The van der Waals surface area contributed by atoms with Gasteiger partial charge in [0.05, 0.1) is 12.2 Å². The fraction of sp³-hybridized carbons (Fsp3) is 0.417. The maximum Gasteiger partial charge on any atom is 0.419 e. The van der Waals surface area contributed by atoms with Gasteiger partial charge in [-0.15, -0.1) is 0 Å². The van der Waals surface area contributed by atoms with Gasteiger partial charge >= 0.3 is 6.18 Å². The minimum atomic E-state index is -4.39. The predicted octanol–water partition coefficient (Wildman–Crippen LogP) is 4.04. The number of hydrogen-bond donors (Lipinski definition) is 0. The number of benzene rings is 1. The maximum atomic E-state index is 12.7. The van der Waals surface area contributed by atoms with Gasteiger partial charge in [0, 0.05) is 0 Å². The third-order valence-corrected chi connectivity index (χ3v) is 2.18. The third-order valence-electron chi connectivity index (χ3n) is 2.18. The molecule has 1 unspecified atom stereocenters. The van der Waals surface area contributed by atoms with Crippen molar-refractivity contribution >= 4 is 0 Å². The standard InChI is InChI=1S/C12H14F3O/c1-4-16-11-6-5-9(8(2)3)7-10(11)12(13,14)15/h5-8H,2,4H2,1,3H3. The average Bonchev–Trinajstić information content (AvgIpc) is 2.16. The minimum absolute atomic E-state index is 0.126. The SMILES string of the molecule is [CH2]C(C)c1ccc(OCC)c(C(F)(F)F)c1. The lowest BCUT2D eigenvalue weighted by Crippen LogP contribution is -2.09. The van der Waals surface area contributed by atoms with E-state index in [0.717, 1.165) is 6.07 Å². The molecule has 1 rings (SSSR count). The first-order chi connectivity index (χ1) is 7.36. The van der Waals surface area contributed by atoms with Gasteiger partial charge in [-0.1, -0.05) is 13.0 Å². The molecule has 16 heavy (non-hydrogen) atoms. The summed E-state index contributed by atoms with van der Waals surface area (Å²) in [4.78, 5) is 0. The minimum Gasteiger partial charge on any atom is -0.493 e. The zero-order chi connectivity index (χ0) is 12.3. The zero-order valence-corrected chi connectivity index (χ0v) is 9.27. The van der Waals surface area contributed by atoms with Gasteiger partial charge < -0.3 is 4.74 Å². The summed E-state index contributed by atoms with van der Waals surface area (Å²) in [6.45, 7) is 7.31. The van der Waals surface area contributed by atoms with Gasteiger partial charge in [0.1, 0.15) is 5.75 Å². The van der Waals surface area contributed by atoms with Crippen LogP contribution in [0, 0.1) is 6.92 Å². The Morgan fingerprint density at radius 1 is 1.38 bits per heavy atom. The molecule has 0 heterocycles. The molecule has 89 valence electrons. The first-order valence-electron chi connectivity index (χ1n) is 5.03. The van der Waals surface area contributed by atoms with Crippen molar-refractivity contribution in [3.8, 4) is 5.75 Å². The average molecular weight is 231 g/mol. The van der Waals surface area contributed by atoms with E-state index in [2.05, 4.69) is 6.92 Å². The van der Waals surface area contributed by atoms with Gasteiger partial charge in [-0.2, -0.15) is 13.2 Å². The molecule has 0 saturated heterocycles. The molecule has 0 saturated carbocycles. The van der Waals surface area contributed by atoms with Crippen molar-refractivity contribution in [3.05, 3.63) is 36.2 Å². The topological polar surface area (TPSA) is 9.23 Å². The van der Waals surface area contributed by atoms with E-state index < -0.39 is 11.7 Å². The fourth-order valence-electron chi connectivity index (χ4n) is 1.36. The highest BCUT2D eigenvalue weighted by atomic mass is 19.4. The van der Waals surface area contributed by atoms with Crippen LogP contribution >= 0.6 is 0 Å². The summed E-state index contributed by atoms with van der Waals surface area (Å²) in [6.07, 6.45) is -4.39. The Bertz CT molecular complexity index is 356. The Morgan fingerprint density at radius 3 is 2.44 bits per heavy atom. The zero-order valence-electron chi connectivity index (χ0n) is 9.27. The lowest BCUT2D eigenvalue weighted by Gasteiger charge is -2.15. The van der Waals surface area contributed by atoms with Crippen molar-refractivity contribution < 1.29 is 17.9 Å². The molecule has 0 bridgehead atoms. The molecular weight excluding hydrogens is 217 g/mol. The van der Waals surface area contributed by atoms with E-state index in [0.29, 0.717) is 5.56 Å². The fourth-order valence-corrected chi connectivity index (χ4v) is 1.36. The molecular formula is C12H14F3O. The van der Waals surface area contributed by atoms with Crippen LogP contribution in [0.4, 0.5) is 13.2 Å². The van der Waals surface area contributed by atoms with Crippen molar-refractivity contribution in [2.75, 3.05) is 6.61 Å². The Balaban J connectivity index is 3.21. The van der Waals surface area contributed by atoms with Crippen LogP contribution in [0.3, 0.4) is 0 Å². The normalized spacial score (nSPS) is 11.9. The van der Waals surface area contributed by atoms with Crippen LogP contribution in [0.25, 0.3) is 0 Å². The highest BCUT2D eigenvalue weighted by Crippen LogP contribution is 2.37. The third kappa shape index (κ3) is 2.90. The van der Waals surface area contributed by atoms with E-state index in [-0.39, 0.29) is 18.3 Å². The van der Waals surface area contributed by atoms with Crippen LogP contribution in [0.1, 0.15) is 30.9 Å². The van der Waals surface area contributed by atoms with Crippen LogP contribution in [0.5, 0.6) is 5.75 Å². The molecule has 0 aliphatic carbocycles. The molecule has 0 aliphatic heterocycles. The second-order valence-corrected chi connectivity index (χ2v) is 3.59. The summed E-state index contributed by atoms with van der Waals surface area (Å²) in [6, 6.07) is 4.06. The first kappa shape index (κ1) is 12.9. The summed E-state index contributed by atoms with van der Waals surface area (Å²) < 4.78 is 43.1. The highest BCUT2D eigenvalue weighted by molar-refractivity contribution is 5.40. The van der Waals surface area contributed by atoms with Crippen molar-refractivity contribution in [2.45, 2.75) is 25.9 Å². The van der Waals surface area contributed by atoms with Crippen molar-refractivity contribution in [1.29, 1.82) is 0 Å². The number of alkyl halides is 3. The molecule has 0 spiro atoms. The largest absolute Gasteiger partial charge is 0.493 e. The number of halogens is 3. The second-order valence-electron chi connectivity index (χ2n) is 3.59. The number of ether oxygens (including phenoxy) is 1. The molecule has 0 aliphatic rings. The monoisotopic (exact) mass is 231 g/mol. The van der Waals surface area contributed by atoms with Crippen LogP contribution < -0.4 is 4.74 Å². The quantitative estimate of drug-likeness (QED) is 0.762. The Hall–Kier alpha value is -1.19. The van der Waals surface area contributed by atoms with E-state index in [1.807, 2.05) is 0 Å². The smallest absolute Gasteiger partial charge is 0.419 e. The Kier molecular flexibility index (Phi) is 3.83. The highest BCUT2D eigenvalue weighted by Gasteiger charge is 2.34. The van der Waals surface area contributed by atoms with Gasteiger partial charge in [-0.3, -0.25) is 0 Å². The van der Waals surface area contributed by atoms with Crippen molar-refractivity contribution in [3.63, 3.8) is 0 Å². The van der Waals surface area contributed by atoms with E-state index in [9.17, 15) is 13.2 Å². The van der Waals surface area contributed by atoms with Crippen LogP contribution in [0.15, 0.2) is 18.2 Å². The predicted molar refractivity (Wildman–Crippen MR) is 56.4 cm³/mol. The molecule has 0 fully saturated rings. The molecule has 1 aromatic rings. The molecule has 0 aromatic heterocycles. The van der Waals surface area contributed by atoms with Crippen LogP contribution in [-0.2, 0) is 6.18 Å². The summed E-state index contributed by atoms with van der Waals surface area (Å²) in [7, 11) is 0. The molecule has 1 atom stereocenters. The second kappa shape index (κ2) is 4.76. The molecule has 0 amide bonds. The summed E-state index contributed by atoms with van der Waals surface area (Å²) in [5.74, 6) is -0.309. The lowest BCUT2D eigenvalue weighted by atomic mass is 10.00. The van der Waals surface area contributed by atoms with Gasteiger partial charge in [0.2, 0.25) is 0 Å². The number of rotatable bonds is 3. The van der Waals surface area contributed by atoms with Gasteiger partial charge in [-0.05, 0) is 37.5 Å². The van der Waals surface area contributed by atoms with Crippen LogP contribution in [-0.4, -0.2) is 6.61 Å². The summed E-state index contributed by atoms with van der Waals surface area (Å²) >= 11 is 0. The Morgan fingerprint density at radius 2 is 2.00 bits per heavy atom. The molecule has 1 radical (unpaired) electrons. The number of hydrogen-bond acceptors (Lipinski definition) is 1. The van der Waals surface area contributed by atoms with Gasteiger partial charge in [-0.25, -0.2) is 0 Å². The van der Waals surface area contributed by atoms with E-state index >= 15 is 0 Å². The summed E-state index contributed by atoms with van der Waals surface area (Å²) in [5.41, 5.74) is -0.182. The molecule has 0 N–H and O–H groups in total. The van der Waals surface area contributed by atoms with Crippen molar-refractivity contribution in [2.24, 2.45) is 0 Å². The van der Waals surface area contributed by atoms with E-state index in [4.69, 9.17) is 4.74 Å². The first-order valence-corrected chi connectivity index (χ1v) is 5.03. The molecule has 4 heteroatoms.